The number of carbonyl (C=O) groups is 4. The molecule has 2 aliphatic heterocycles. The van der Waals surface area contributed by atoms with Crippen LogP contribution in [0.5, 0.6) is 5.75 Å². The lowest BCUT2D eigenvalue weighted by Gasteiger charge is -2.44. The summed E-state index contributed by atoms with van der Waals surface area (Å²) in [5.74, 6) is -0.310. The van der Waals surface area contributed by atoms with Crippen molar-refractivity contribution in [1.29, 1.82) is 0 Å². The molecule has 1 unspecified atom stereocenters. The van der Waals surface area contributed by atoms with Gasteiger partial charge in [-0.25, -0.2) is 19.6 Å². The van der Waals surface area contributed by atoms with Gasteiger partial charge in [-0.15, -0.1) is 13.2 Å². The number of hydrogen-bond donors (Lipinski definition) is 4. The third kappa shape index (κ3) is 9.69. The van der Waals surface area contributed by atoms with Crippen molar-refractivity contribution in [2.45, 2.75) is 71.1 Å². The number of urea groups is 1. The number of aromatic nitrogens is 3. The molecule has 59 heavy (non-hydrogen) atoms. The molecule has 2 saturated heterocycles. The number of benzene rings is 2. The molecule has 0 saturated carbocycles. The van der Waals surface area contributed by atoms with Gasteiger partial charge < -0.3 is 45.1 Å². The average molecular weight is 820 g/mol. The molecule has 4 heterocycles. The molecule has 4 N–H and O–H groups in total. The predicted molar refractivity (Wildman–Crippen MR) is 214 cm³/mol. The van der Waals surface area contributed by atoms with Crippen LogP contribution in [0.3, 0.4) is 0 Å². The molecule has 2 aliphatic rings. The van der Waals surface area contributed by atoms with Crippen molar-refractivity contribution >= 4 is 35.4 Å². The fraction of sp³-hybridized carbons (Fsp3) is 0.415. The Labute approximate surface area is 339 Å². The van der Waals surface area contributed by atoms with Crippen molar-refractivity contribution in [1.82, 2.24) is 35.4 Å². The Hall–Kier alpha value is -6.33. The maximum absolute atomic E-state index is 13.7. The molecule has 15 nitrogen and oxygen atoms in total. The highest BCUT2D eigenvalue weighted by Gasteiger charge is 2.38. The number of anilines is 2. The zero-order valence-corrected chi connectivity index (χ0v) is 33.6. The van der Waals surface area contributed by atoms with E-state index >= 15 is 0 Å². The Balaban J connectivity index is 1.15. The zero-order chi connectivity index (χ0) is 42.6. The summed E-state index contributed by atoms with van der Waals surface area (Å²) >= 11 is 0. The molecule has 314 valence electrons. The van der Waals surface area contributed by atoms with E-state index in [1.54, 1.807) is 59.4 Å². The van der Waals surface area contributed by atoms with Gasteiger partial charge in [-0.1, -0.05) is 38.1 Å². The molecule has 2 aromatic heterocycles. The van der Waals surface area contributed by atoms with Gasteiger partial charge in [-0.05, 0) is 62.4 Å². The van der Waals surface area contributed by atoms with Crippen molar-refractivity contribution in [2.24, 2.45) is 5.92 Å². The zero-order valence-electron chi connectivity index (χ0n) is 33.6. The molecule has 2 aromatic carbocycles. The number of alkyl carbamates (subject to hydrolysis) is 1. The topological polar surface area (TPSA) is 174 Å². The number of methoxy groups -OCH3 is 1. The van der Waals surface area contributed by atoms with Crippen LogP contribution in [0.2, 0.25) is 0 Å². The fourth-order valence-corrected chi connectivity index (χ4v) is 7.48. The maximum atomic E-state index is 13.7. The van der Waals surface area contributed by atoms with Crippen molar-refractivity contribution in [2.75, 3.05) is 44.0 Å². The molecule has 4 aromatic rings. The molecular formula is C41H48F3N9O6. The Kier molecular flexibility index (Phi) is 12.7. The number of pyridine rings is 1. The second-order valence-electron chi connectivity index (χ2n) is 15.0. The SMILES string of the molecule is CNC(=O)N1C[C@@H](C)N(c2ccc(C(=O)Nc3ccc(-c4ccc(-c5c[nH]c(C6CCCN6C(=O)[C@@H](NC(=O)OC)C(C)C)n5)cc4)c(OC(F)(F)F)c3)cn2)C[C@@H]1C. The van der Waals surface area contributed by atoms with Crippen LogP contribution in [0.1, 0.15) is 62.8 Å². The highest BCUT2D eigenvalue weighted by molar-refractivity contribution is 6.04. The van der Waals surface area contributed by atoms with E-state index in [9.17, 15) is 32.3 Å². The van der Waals surface area contributed by atoms with E-state index in [0.717, 1.165) is 12.5 Å². The maximum Gasteiger partial charge on any atom is 0.573 e. The van der Waals surface area contributed by atoms with E-state index in [-0.39, 0.29) is 52.8 Å². The minimum Gasteiger partial charge on any atom is -0.453 e. The van der Waals surface area contributed by atoms with Crippen LogP contribution < -0.4 is 25.6 Å². The van der Waals surface area contributed by atoms with Crippen molar-refractivity contribution in [3.63, 3.8) is 0 Å². The summed E-state index contributed by atoms with van der Waals surface area (Å²) < 4.78 is 50.1. The number of likely N-dealkylation sites (tertiary alicyclic amines) is 1. The van der Waals surface area contributed by atoms with Crippen LogP contribution in [0.15, 0.2) is 67.0 Å². The molecule has 0 bridgehead atoms. The summed E-state index contributed by atoms with van der Waals surface area (Å²) in [5.41, 5.74) is 2.08. The van der Waals surface area contributed by atoms with Crippen LogP contribution >= 0.6 is 0 Å². The average Bonchev–Trinajstić information content (AvgIpc) is 3.90. The second-order valence-corrected chi connectivity index (χ2v) is 15.0. The standard InChI is InChI=1S/C41H48F3N9O6/c1-23(2)35(50-40(57)58-6)38(55)51-17-7-8-32(51)36-47-20-31(49-36)27-11-9-26(10-12-27)30-15-14-29(18-33(30)59-41(42,43)44)48-37(54)28-13-16-34(46-19-28)52-21-25(4)53(22-24(52)3)39(56)45-5/h9-16,18-20,23-25,32,35H,7-8,17,21-22H2,1-6H3,(H,45,56)(H,47,49)(H,48,54)(H,50,57)/t24-,25+,32?,35+/m1/s1. The third-order valence-corrected chi connectivity index (χ3v) is 10.6. The van der Waals surface area contributed by atoms with E-state index in [0.29, 0.717) is 54.5 Å². The van der Waals surface area contributed by atoms with E-state index in [2.05, 4.69) is 35.6 Å². The van der Waals surface area contributed by atoms with Crippen molar-refractivity contribution in [3.05, 3.63) is 78.4 Å². The first-order valence-corrected chi connectivity index (χ1v) is 19.3. The number of nitrogens with one attached hydrogen (secondary N) is 4. The lowest BCUT2D eigenvalue weighted by molar-refractivity contribution is -0.274. The predicted octanol–water partition coefficient (Wildman–Crippen LogP) is 6.57. The number of nitrogens with zero attached hydrogens (tertiary/aromatic N) is 5. The Morgan fingerprint density at radius 3 is 2.32 bits per heavy atom. The number of piperazine rings is 1. The minimum atomic E-state index is -5.01. The summed E-state index contributed by atoms with van der Waals surface area (Å²) in [7, 11) is 2.83. The first-order chi connectivity index (χ1) is 28.1. The van der Waals surface area contributed by atoms with Gasteiger partial charge in [0.1, 0.15) is 23.4 Å². The molecule has 0 spiro atoms. The number of amides is 5. The Bertz CT molecular complexity index is 2140. The number of H-pyrrole nitrogens is 1. The smallest absolute Gasteiger partial charge is 0.453 e. The van der Waals surface area contributed by atoms with Gasteiger partial charge in [-0.3, -0.25) is 9.59 Å². The molecular weight excluding hydrogens is 772 g/mol. The van der Waals surface area contributed by atoms with E-state index in [4.69, 9.17) is 9.72 Å². The highest BCUT2D eigenvalue weighted by Crippen LogP contribution is 2.38. The quantitative estimate of drug-likeness (QED) is 0.138. The Morgan fingerprint density at radius 1 is 0.949 bits per heavy atom. The molecule has 2 fully saturated rings. The van der Waals surface area contributed by atoms with Gasteiger partial charge >= 0.3 is 18.5 Å². The lowest BCUT2D eigenvalue weighted by Crippen LogP contribution is -2.60. The van der Waals surface area contributed by atoms with Gasteiger partial charge in [0.15, 0.2) is 0 Å². The number of imidazole rings is 1. The minimum absolute atomic E-state index is 0.0370. The molecule has 0 aliphatic carbocycles. The van der Waals surface area contributed by atoms with Crippen LogP contribution in [0, 0.1) is 5.92 Å². The van der Waals surface area contributed by atoms with Crippen LogP contribution in [0.4, 0.5) is 34.3 Å². The number of ether oxygens (including phenoxy) is 2. The molecule has 18 heteroatoms. The molecule has 5 amide bonds. The van der Waals surface area contributed by atoms with Gasteiger partial charge in [0, 0.05) is 74.0 Å². The number of aromatic amines is 1. The van der Waals surface area contributed by atoms with E-state index in [1.165, 1.54) is 25.4 Å². The number of hydrogen-bond acceptors (Lipinski definition) is 9. The summed E-state index contributed by atoms with van der Waals surface area (Å²) in [4.78, 5) is 68.8. The summed E-state index contributed by atoms with van der Waals surface area (Å²) in [6.07, 6.45) is -1.18. The summed E-state index contributed by atoms with van der Waals surface area (Å²) in [6.45, 7) is 9.12. The van der Waals surface area contributed by atoms with Crippen LogP contribution in [-0.4, -0.2) is 107 Å². The monoisotopic (exact) mass is 819 g/mol. The van der Waals surface area contributed by atoms with Gasteiger partial charge in [0.05, 0.1) is 24.4 Å². The van der Waals surface area contributed by atoms with Gasteiger partial charge in [-0.2, -0.15) is 0 Å². The van der Waals surface area contributed by atoms with Gasteiger partial charge in [0.25, 0.3) is 5.91 Å². The molecule has 0 radical (unpaired) electrons. The Morgan fingerprint density at radius 2 is 1.68 bits per heavy atom. The van der Waals surface area contributed by atoms with Crippen LogP contribution in [0.25, 0.3) is 22.4 Å². The largest absolute Gasteiger partial charge is 0.573 e. The van der Waals surface area contributed by atoms with Crippen molar-refractivity contribution < 1.29 is 41.8 Å². The third-order valence-electron chi connectivity index (χ3n) is 10.6. The number of rotatable bonds is 10. The lowest BCUT2D eigenvalue weighted by atomic mass is 10.0. The van der Waals surface area contributed by atoms with E-state index in [1.807, 2.05) is 27.7 Å². The van der Waals surface area contributed by atoms with Gasteiger partial charge in [0.2, 0.25) is 5.91 Å². The summed E-state index contributed by atoms with van der Waals surface area (Å²) in [5, 5.41) is 7.93. The number of carbonyl (C=O) groups excluding carboxylic acids is 4. The second kappa shape index (κ2) is 17.7. The number of halogens is 3. The molecule has 4 atom stereocenters. The first kappa shape index (κ1) is 42.3. The molecule has 6 rings (SSSR count). The first-order valence-electron chi connectivity index (χ1n) is 19.3. The summed E-state index contributed by atoms with van der Waals surface area (Å²) in [6, 6.07) is 12.7. The van der Waals surface area contributed by atoms with Crippen LogP contribution in [-0.2, 0) is 9.53 Å². The van der Waals surface area contributed by atoms with E-state index < -0.39 is 30.2 Å². The number of alkyl halides is 3. The highest BCUT2D eigenvalue weighted by atomic mass is 19.4. The normalized spacial score (nSPS) is 18.7. The van der Waals surface area contributed by atoms with Crippen molar-refractivity contribution in [3.8, 4) is 28.1 Å². The fourth-order valence-electron chi connectivity index (χ4n) is 7.48.